The Labute approximate surface area is 73.6 Å². The Morgan fingerprint density at radius 1 is 1.17 bits per heavy atom. The number of hydrogen-bond donors (Lipinski definition) is 2. The molecule has 0 radical (unpaired) electrons. The number of aliphatic hydroxyl groups is 2. The van der Waals surface area contributed by atoms with Crippen LogP contribution in [0.1, 0.15) is 39.0 Å². The van der Waals surface area contributed by atoms with Gasteiger partial charge < -0.3 is 10.2 Å². The van der Waals surface area contributed by atoms with Gasteiger partial charge in [0.05, 0.1) is 12.2 Å². The first-order valence-electron chi connectivity index (χ1n) is 4.99. The minimum absolute atomic E-state index is 0.103. The van der Waals surface area contributed by atoms with Gasteiger partial charge in [-0.25, -0.2) is 0 Å². The molecule has 2 rings (SSSR count). The highest BCUT2D eigenvalue weighted by Gasteiger charge is 2.48. The molecule has 12 heavy (non-hydrogen) atoms. The smallest absolute Gasteiger partial charge is 0.0596 e. The zero-order valence-corrected chi connectivity index (χ0v) is 7.66. The van der Waals surface area contributed by atoms with Crippen LogP contribution in [0, 0.1) is 11.3 Å². The molecule has 2 N–H and O–H groups in total. The molecule has 4 atom stereocenters. The average molecular weight is 170 g/mol. The van der Waals surface area contributed by atoms with Gasteiger partial charge in [-0.1, -0.05) is 6.92 Å². The standard InChI is InChI=1S/C10H18O2/c1-10-5-4-8(11)6-7(10)2-3-9(10)12/h7-9,11-12H,2-6H2,1H3/t7-,8-,9-,10?/m0/s1. The number of fused-ring (bicyclic) bond motifs is 1. The molecule has 2 fully saturated rings. The molecule has 0 aromatic carbocycles. The van der Waals surface area contributed by atoms with Gasteiger partial charge >= 0.3 is 0 Å². The van der Waals surface area contributed by atoms with Crippen molar-refractivity contribution in [2.75, 3.05) is 0 Å². The summed E-state index contributed by atoms with van der Waals surface area (Å²) in [5, 5.41) is 19.3. The van der Waals surface area contributed by atoms with Crippen LogP contribution in [0.3, 0.4) is 0 Å². The summed E-state index contributed by atoms with van der Waals surface area (Å²) in [4.78, 5) is 0. The van der Waals surface area contributed by atoms with Gasteiger partial charge in [0.1, 0.15) is 0 Å². The van der Waals surface area contributed by atoms with Crippen molar-refractivity contribution in [3.63, 3.8) is 0 Å². The van der Waals surface area contributed by atoms with E-state index >= 15 is 0 Å². The maximum Gasteiger partial charge on any atom is 0.0596 e. The van der Waals surface area contributed by atoms with Gasteiger partial charge in [-0.15, -0.1) is 0 Å². The van der Waals surface area contributed by atoms with Gasteiger partial charge in [0, 0.05) is 0 Å². The molecular weight excluding hydrogens is 152 g/mol. The molecule has 0 spiro atoms. The first-order chi connectivity index (χ1) is 5.63. The molecule has 2 aliphatic rings. The number of rotatable bonds is 0. The third-order valence-electron chi connectivity index (χ3n) is 4.06. The highest BCUT2D eigenvalue weighted by Crippen LogP contribution is 2.51. The fourth-order valence-corrected chi connectivity index (χ4v) is 2.97. The molecule has 0 heterocycles. The van der Waals surface area contributed by atoms with Crippen LogP contribution < -0.4 is 0 Å². The second-order valence-electron chi connectivity index (χ2n) is 4.72. The van der Waals surface area contributed by atoms with E-state index in [-0.39, 0.29) is 17.6 Å². The Balaban J connectivity index is 2.14. The zero-order valence-electron chi connectivity index (χ0n) is 7.66. The van der Waals surface area contributed by atoms with Gasteiger partial charge in [0.15, 0.2) is 0 Å². The molecular formula is C10H18O2. The summed E-state index contributed by atoms with van der Waals surface area (Å²) in [6.45, 7) is 2.18. The lowest BCUT2D eigenvalue weighted by Crippen LogP contribution is -2.38. The number of hydrogen-bond acceptors (Lipinski definition) is 2. The van der Waals surface area contributed by atoms with E-state index in [0.717, 1.165) is 32.1 Å². The summed E-state index contributed by atoms with van der Waals surface area (Å²) < 4.78 is 0. The van der Waals surface area contributed by atoms with Gasteiger partial charge in [0.2, 0.25) is 0 Å². The predicted octanol–water partition coefficient (Wildman–Crippen LogP) is 1.31. The SMILES string of the molecule is CC12CC[C@H](O)C[C@@H]1CC[C@@H]2O. The van der Waals surface area contributed by atoms with Gasteiger partial charge in [-0.2, -0.15) is 0 Å². The van der Waals surface area contributed by atoms with E-state index in [4.69, 9.17) is 0 Å². The quantitative estimate of drug-likeness (QED) is 0.575. The maximum absolute atomic E-state index is 9.79. The Hall–Kier alpha value is -0.0800. The summed E-state index contributed by atoms with van der Waals surface area (Å²) in [5.41, 5.74) is 0.124. The van der Waals surface area contributed by atoms with Crippen LogP contribution >= 0.6 is 0 Å². The first-order valence-corrected chi connectivity index (χ1v) is 4.99. The highest BCUT2D eigenvalue weighted by molar-refractivity contribution is 4.98. The molecule has 2 aliphatic carbocycles. The summed E-state index contributed by atoms with van der Waals surface area (Å²) in [5.74, 6) is 0.566. The van der Waals surface area contributed by atoms with Crippen LogP contribution in [-0.4, -0.2) is 22.4 Å². The summed E-state index contributed by atoms with van der Waals surface area (Å²) in [6.07, 6.45) is 4.61. The van der Waals surface area contributed by atoms with Crippen molar-refractivity contribution in [1.82, 2.24) is 0 Å². The van der Waals surface area contributed by atoms with Crippen molar-refractivity contribution in [1.29, 1.82) is 0 Å². The van der Waals surface area contributed by atoms with Crippen LogP contribution in [0.4, 0.5) is 0 Å². The largest absolute Gasteiger partial charge is 0.393 e. The van der Waals surface area contributed by atoms with Crippen molar-refractivity contribution in [3.8, 4) is 0 Å². The first kappa shape index (κ1) is 8.52. The number of aliphatic hydroxyl groups excluding tert-OH is 2. The summed E-state index contributed by atoms with van der Waals surface area (Å²) in [7, 11) is 0. The monoisotopic (exact) mass is 170 g/mol. The van der Waals surface area contributed by atoms with E-state index in [9.17, 15) is 10.2 Å². The van der Waals surface area contributed by atoms with E-state index in [0.29, 0.717) is 5.92 Å². The molecule has 1 unspecified atom stereocenters. The molecule has 0 aromatic rings. The Morgan fingerprint density at radius 2 is 1.92 bits per heavy atom. The van der Waals surface area contributed by atoms with Gasteiger partial charge in [0.25, 0.3) is 0 Å². The van der Waals surface area contributed by atoms with Crippen molar-refractivity contribution >= 4 is 0 Å². The highest BCUT2D eigenvalue weighted by atomic mass is 16.3. The molecule has 0 aromatic heterocycles. The Morgan fingerprint density at radius 3 is 2.67 bits per heavy atom. The second-order valence-corrected chi connectivity index (χ2v) is 4.72. The molecule has 2 nitrogen and oxygen atoms in total. The maximum atomic E-state index is 9.79. The molecule has 2 saturated carbocycles. The molecule has 0 amide bonds. The summed E-state index contributed by atoms with van der Waals surface area (Å²) in [6, 6.07) is 0. The lowest BCUT2D eigenvalue weighted by Gasteiger charge is -2.40. The van der Waals surface area contributed by atoms with Crippen LogP contribution in [-0.2, 0) is 0 Å². The fraction of sp³-hybridized carbons (Fsp3) is 1.00. The third kappa shape index (κ3) is 1.09. The minimum atomic E-state index is -0.116. The van der Waals surface area contributed by atoms with E-state index in [1.54, 1.807) is 0 Å². The van der Waals surface area contributed by atoms with Crippen LogP contribution in [0.2, 0.25) is 0 Å². The lowest BCUT2D eigenvalue weighted by atomic mass is 9.68. The normalized spacial score (nSPS) is 53.8. The molecule has 70 valence electrons. The van der Waals surface area contributed by atoms with E-state index < -0.39 is 0 Å². The van der Waals surface area contributed by atoms with Crippen molar-refractivity contribution in [3.05, 3.63) is 0 Å². The van der Waals surface area contributed by atoms with Crippen molar-refractivity contribution in [2.45, 2.75) is 51.2 Å². The average Bonchev–Trinajstić information content (AvgIpc) is 2.31. The topological polar surface area (TPSA) is 40.5 Å². The van der Waals surface area contributed by atoms with E-state index in [1.807, 2.05) is 0 Å². The van der Waals surface area contributed by atoms with Gasteiger partial charge in [-0.05, 0) is 43.4 Å². The molecule has 0 bridgehead atoms. The molecule has 0 saturated heterocycles. The minimum Gasteiger partial charge on any atom is -0.393 e. The van der Waals surface area contributed by atoms with E-state index in [2.05, 4.69) is 6.92 Å². The Kier molecular flexibility index (Phi) is 1.92. The van der Waals surface area contributed by atoms with Gasteiger partial charge in [-0.3, -0.25) is 0 Å². The van der Waals surface area contributed by atoms with E-state index in [1.165, 1.54) is 0 Å². The van der Waals surface area contributed by atoms with Crippen LogP contribution in [0.25, 0.3) is 0 Å². The molecule has 2 heteroatoms. The van der Waals surface area contributed by atoms with Crippen LogP contribution in [0.5, 0.6) is 0 Å². The predicted molar refractivity (Wildman–Crippen MR) is 46.7 cm³/mol. The molecule has 0 aliphatic heterocycles. The zero-order chi connectivity index (χ0) is 8.77. The second kappa shape index (κ2) is 2.71. The van der Waals surface area contributed by atoms with Crippen molar-refractivity contribution in [2.24, 2.45) is 11.3 Å². The fourth-order valence-electron chi connectivity index (χ4n) is 2.97. The third-order valence-corrected chi connectivity index (χ3v) is 4.06. The Bertz CT molecular complexity index is 181. The van der Waals surface area contributed by atoms with Crippen molar-refractivity contribution < 1.29 is 10.2 Å². The summed E-state index contributed by atoms with van der Waals surface area (Å²) >= 11 is 0. The lowest BCUT2D eigenvalue weighted by molar-refractivity contribution is -0.0254. The van der Waals surface area contributed by atoms with Crippen LogP contribution in [0.15, 0.2) is 0 Å².